The van der Waals surface area contributed by atoms with Crippen molar-refractivity contribution in [3.05, 3.63) is 34.9 Å². The first-order valence-corrected chi connectivity index (χ1v) is 8.52. The summed E-state index contributed by atoms with van der Waals surface area (Å²) in [5.41, 5.74) is 0.964. The lowest BCUT2D eigenvalue weighted by Gasteiger charge is -2.20. The summed E-state index contributed by atoms with van der Waals surface area (Å²) in [6.45, 7) is 0.447. The Hall–Kier alpha value is -1.27. The molecule has 1 unspecified atom stereocenters. The summed E-state index contributed by atoms with van der Waals surface area (Å²) in [5.74, 6) is 0.187. The average molecular weight is 317 g/mol. The lowest BCUT2D eigenvalue weighted by Crippen LogP contribution is -2.43. The van der Waals surface area contributed by atoms with Crippen LogP contribution in [0.4, 0.5) is 4.79 Å². The van der Waals surface area contributed by atoms with E-state index < -0.39 is 9.84 Å². The number of halogens is 1. The largest absolute Gasteiger partial charge is 0.334 e. The van der Waals surface area contributed by atoms with Crippen molar-refractivity contribution in [3.8, 4) is 0 Å². The van der Waals surface area contributed by atoms with E-state index in [0.717, 1.165) is 5.56 Å². The van der Waals surface area contributed by atoms with Gasteiger partial charge >= 0.3 is 6.03 Å². The quantitative estimate of drug-likeness (QED) is 0.922. The van der Waals surface area contributed by atoms with Crippen molar-refractivity contribution in [3.63, 3.8) is 0 Å². The van der Waals surface area contributed by atoms with Crippen LogP contribution in [0.25, 0.3) is 0 Å². The third-order valence-corrected chi connectivity index (χ3v) is 5.26. The molecule has 1 aliphatic heterocycles. The smallest absolute Gasteiger partial charge is 0.317 e. The van der Waals surface area contributed by atoms with Gasteiger partial charge in [0.15, 0.2) is 9.84 Å². The zero-order valence-corrected chi connectivity index (χ0v) is 12.7. The van der Waals surface area contributed by atoms with Crippen LogP contribution in [-0.4, -0.2) is 43.9 Å². The minimum absolute atomic E-state index is 0.0352. The summed E-state index contributed by atoms with van der Waals surface area (Å²) in [6.07, 6.45) is 0.489. The highest BCUT2D eigenvalue weighted by atomic mass is 35.5. The Kier molecular flexibility index (Phi) is 4.55. The third-order valence-electron chi connectivity index (χ3n) is 3.24. The molecule has 1 atom stereocenters. The maximum Gasteiger partial charge on any atom is 0.317 e. The van der Waals surface area contributed by atoms with Crippen LogP contribution in [0.15, 0.2) is 24.3 Å². The molecular formula is C13H17ClN2O3S. The first-order chi connectivity index (χ1) is 9.35. The van der Waals surface area contributed by atoms with E-state index in [1.165, 1.54) is 4.90 Å². The highest BCUT2D eigenvalue weighted by Gasteiger charge is 2.29. The van der Waals surface area contributed by atoms with Gasteiger partial charge in [0.1, 0.15) is 0 Å². The third kappa shape index (κ3) is 4.11. The highest BCUT2D eigenvalue weighted by Crippen LogP contribution is 2.13. The molecule has 0 bridgehead atoms. The number of nitrogens with zero attached hydrogens (tertiary/aromatic N) is 1. The molecule has 0 spiro atoms. The van der Waals surface area contributed by atoms with Crippen molar-refractivity contribution in [2.24, 2.45) is 0 Å². The number of carbonyl (C=O) groups excluding carboxylic acids is 1. The van der Waals surface area contributed by atoms with Crippen LogP contribution in [0.2, 0.25) is 5.02 Å². The lowest BCUT2D eigenvalue weighted by atomic mass is 10.2. The topological polar surface area (TPSA) is 66.5 Å². The molecule has 0 aliphatic carbocycles. The van der Waals surface area contributed by atoms with Crippen molar-refractivity contribution in [1.82, 2.24) is 10.2 Å². The van der Waals surface area contributed by atoms with E-state index >= 15 is 0 Å². The fourth-order valence-electron chi connectivity index (χ4n) is 2.13. The van der Waals surface area contributed by atoms with Crippen molar-refractivity contribution >= 4 is 27.5 Å². The van der Waals surface area contributed by atoms with E-state index in [9.17, 15) is 13.2 Å². The lowest BCUT2D eigenvalue weighted by molar-refractivity contribution is 0.203. The fraction of sp³-hybridized carbons (Fsp3) is 0.462. The molecule has 7 heteroatoms. The van der Waals surface area contributed by atoms with Gasteiger partial charge in [0.05, 0.1) is 11.5 Å². The number of carbonyl (C=O) groups is 1. The second-order valence-corrected chi connectivity index (χ2v) is 7.70. The van der Waals surface area contributed by atoms with Crippen LogP contribution < -0.4 is 5.32 Å². The van der Waals surface area contributed by atoms with Gasteiger partial charge in [-0.05, 0) is 24.1 Å². The molecule has 1 aromatic carbocycles. The standard InChI is InChI=1S/C13H17ClN2O3S/c1-16(8-10-2-4-11(14)5-3-10)13(17)15-12-6-7-20(18,19)9-12/h2-5,12H,6-9H2,1H3,(H,15,17). The van der Waals surface area contributed by atoms with E-state index in [-0.39, 0.29) is 23.6 Å². The van der Waals surface area contributed by atoms with Crippen LogP contribution in [-0.2, 0) is 16.4 Å². The van der Waals surface area contributed by atoms with Gasteiger partial charge in [-0.3, -0.25) is 0 Å². The van der Waals surface area contributed by atoms with E-state index in [2.05, 4.69) is 5.32 Å². The van der Waals surface area contributed by atoms with Gasteiger partial charge in [-0.1, -0.05) is 23.7 Å². The minimum atomic E-state index is -2.98. The van der Waals surface area contributed by atoms with Crippen LogP contribution in [0.5, 0.6) is 0 Å². The Morgan fingerprint density at radius 3 is 2.60 bits per heavy atom. The van der Waals surface area contributed by atoms with E-state index in [4.69, 9.17) is 11.6 Å². The Morgan fingerprint density at radius 1 is 1.40 bits per heavy atom. The number of sulfone groups is 1. The van der Waals surface area contributed by atoms with Gasteiger partial charge in [0.2, 0.25) is 0 Å². The van der Waals surface area contributed by atoms with Gasteiger partial charge in [-0.25, -0.2) is 13.2 Å². The number of hydrogen-bond acceptors (Lipinski definition) is 3. The van der Waals surface area contributed by atoms with E-state index in [0.29, 0.717) is 18.0 Å². The average Bonchev–Trinajstić information content (AvgIpc) is 2.71. The second kappa shape index (κ2) is 6.01. The van der Waals surface area contributed by atoms with Gasteiger partial charge in [-0.2, -0.15) is 0 Å². The SMILES string of the molecule is CN(Cc1ccc(Cl)cc1)C(=O)NC1CCS(=O)(=O)C1. The van der Waals surface area contributed by atoms with Gasteiger partial charge < -0.3 is 10.2 Å². The zero-order valence-electron chi connectivity index (χ0n) is 11.2. The molecule has 1 aromatic rings. The normalized spacial score (nSPS) is 20.6. The van der Waals surface area contributed by atoms with Crippen LogP contribution >= 0.6 is 11.6 Å². The van der Waals surface area contributed by atoms with Crippen molar-refractivity contribution < 1.29 is 13.2 Å². The monoisotopic (exact) mass is 316 g/mol. The molecule has 5 nitrogen and oxygen atoms in total. The summed E-state index contributed by atoms with van der Waals surface area (Å²) in [6, 6.07) is 6.71. The maximum absolute atomic E-state index is 12.0. The summed E-state index contributed by atoms with van der Waals surface area (Å²) in [5, 5.41) is 3.40. The molecule has 1 saturated heterocycles. The summed E-state index contributed by atoms with van der Waals surface area (Å²) in [4.78, 5) is 13.5. The molecule has 0 saturated carbocycles. The molecule has 2 amide bonds. The fourth-order valence-corrected chi connectivity index (χ4v) is 3.93. The van der Waals surface area contributed by atoms with Gasteiger partial charge in [0.25, 0.3) is 0 Å². The Bertz CT molecular complexity index is 586. The second-order valence-electron chi connectivity index (χ2n) is 5.03. The summed E-state index contributed by atoms with van der Waals surface area (Å²) >= 11 is 5.80. The molecule has 0 aromatic heterocycles. The molecule has 1 heterocycles. The molecule has 1 aliphatic rings. The molecule has 20 heavy (non-hydrogen) atoms. The number of amides is 2. The first-order valence-electron chi connectivity index (χ1n) is 6.32. The van der Waals surface area contributed by atoms with Gasteiger partial charge in [-0.15, -0.1) is 0 Å². The molecule has 1 fully saturated rings. The summed E-state index contributed by atoms with van der Waals surface area (Å²) in [7, 11) is -1.30. The van der Waals surface area contributed by atoms with Crippen molar-refractivity contribution in [1.29, 1.82) is 0 Å². The minimum Gasteiger partial charge on any atom is -0.334 e. The number of nitrogens with one attached hydrogen (secondary N) is 1. The molecule has 0 radical (unpaired) electrons. The van der Waals surface area contributed by atoms with Crippen molar-refractivity contribution in [2.75, 3.05) is 18.6 Å². The van der Waals surface area contributed by atoms with Crippen LogP contribution in [0.3, 0.4) is 0 Å². The molecule has 110 valence electrons. The van der Waals surface area contributed by atoms with Crippen molar-refractivity contribution in [2.45, 2.75) is 19.0 Å². The maximum atomic E-state index is 12.0. The molecule has 1 N–H and O–H groups in total. The van der Waals surface area contributed by atoms with Gasteiger partial charge in [0, 0.05) is 24.7 Å². The predicted octanol–water partition coefficient (Wildman–Crippen LogP) is 1.67. The predicted molar refractivity (Wildman–Crippen MR) is 78.5 cm³/mol. The van der Waals surface area contributed by atoms with E-state index in [1.807, 2.05) is 12.1 Å². The van der Waals surface area contributed by atoms with Crippen LogP contribution in [0.1, 0.15) is 12.0 Å². The summed E-state index contributed by atoms with van der Waals surface area (Å²) < 4.78 is 22.7. The molecular weight excluding hydrogens is 300 g/mol. The Balaban J connectivity index is 1.88. The Morgan fingerprint density at radius 2 is 2.05 bits per heavy atom. The Labute approximate surface area is 123 Å². The van der Waals surface area contributed by atoms with E-state index in [1.54, 1.807) is 19.2 Å². The zero-order chi connectivity index (χ0) is 14.8. The van der Waals surface area contributed by atoms with Crippen LogP contribution in [0, 0.1) is 0 Å². The number of benzene rings is 1. The highest BCUT2D eigenvalue weighted by molar-refractivity contribution is 7.91. The number of hydrogen-bond donors (Lipinski definition) is 1. The number of rotatable bonds is 3. The first kappa shape index (κ1) is 15.1. The molecule has 2 rings (SSSR count). The number of urea groups is 1.